The van der Waals surface area contributed by atoms with Crippen molar-refractivity contribution in [3.05, 3.63) is 16.4 Å². The maximum atomic E-state index is 12.3. The second-order valence-corrected chi connectivity index (χ2v) is 6.35. The maximum Gasteiger partial charge on any atom is 0.151 e. The van der Waals surface area contributed by atoms with Gasteiger partial charge in [0.2, 0.25) is 0 Å². The smallest absolute Gasteiger partial charge is 0.151 e. The second kappa shape index (κ2) is 6.11. The summed E-state index contributed by atoms with van der Waals surface area (Å²) >= 11 is 8.03. The molecule has 1 fully saturated rings. The van der Waals surface area contributed by atoms with Crippen molar-refractivity contribution in [1.29, 1.82) is 0 Å². The van der Waals surface area contributed by atoms with Crippen LogP contribution in [0.4, 0.5) is 0 Å². The first kappa shape index (κ1) is 13.9. The summed E-state index contributed by atoms with van der Waals surface area (Å²) in [7, 11) is 0. The Kier molecular flexibility index (Phi) is 4.73. The SMILES string of the molecule is CCn1nc(C)c(Cl)c1CC(=O)C1CCCCS1. The number of thioether (sulfide) groups is 1. The number of nitrogens with zero attached hydrogens (tertiary/aromatic N) is 2. The second-order valence-electron chi connectivity index (χ2n) is 4.66. The first-order valence-corrected chi connectivity index (χ1v) is 7.92. The normalized spacial score (nSPS) is 20.1. The summed E-state index contributed by atoms with van der Waals surface area (Å²) in [6.45, 7) is 4.66. The summed E-state index contributed by atoms with van der Waals surface area (Å²) in [4.78, 5) is 12.3. The first-order chi connectivity index (χ1) is 8.63. The van der Waals surface area contributed by atoms with E-state index >= 15 is 0 Å². The van der Waals surface area contributed by atoms with E-state index in [1.807, 2.05) is 18.5 Å². The zero-order valence-corrected chi connectivity index (χ0v) is 12.5. The van der Waals surface area contributed by atoms with E-state index in [9.17, 15) is 4.79 Å². The number of hydrogen-bond donors (Lipinski definition) is 0. The molecule has 5 heteroatoms. The lowest BCUT2D eigenvalue weighted by Gasteiger charge is -2.20. The highest BCUT2D eigenvalue weighted by atomic mass is 35.5. The van der Waals surface area contributed by atoms with Crippen LogP contribution in [0.15, 0.2) is 0 Å². The molecule has 1 atom stereocenters. The van der Waals surface area contributed by atoms with E-state index < -0.39 is 0 Å². The lowest BCUT2D eigenvalue weighted by Crippen LogP contribution is -2.24. The summed E-state index contributed by atoms with van der Waals surface area (Å²) in [6.07, 6.45) is 3.84. The molecule has 100 valence electrons. The fraction of sp³-hybridized carbons (Fsp3) is 0.692. The van der Waals surface area contributed by atoms with Crippen molar-refractivity contribution in [2.45, 2.75) is 51.3 Å². The molecular weight excluding hydrogens is 268 g/mol. The van der Waals surface area contributed by atoms with Gasteiger partial charge in [-0.05, 0) is 32.4 Å². The van der Waals surface area contributed by atoms with Gasteiger partial charge in [0, 0.05) is 6.54 Å². The Balaban J connectivity index is 2.10. The molecule has 0 aromatic carbocycles. The molecule has 1 unspecified atom stereocenters. The van der Waals surface area contributed by atoms with Gasteiger partial charge in [-0.1, -0.05) is 18.0 Å². The van der Waals surface area contributed by atoms with Gasteiger partial charge < -0.3 is 0 Å². The molecule has 1 aromatic rings. The highest BCUT2D eigenvalue weighted by molar-refractivity contribution is 8.00. The average molecular weight is 287 g/mol. The molecule has 0 spiro atoms. The van der Waals surface area contributed by atoms with Crippen LogP contribution in [-0.2, 0) is 17.8 Å². The van der Waals surface area contributed by atoms with E-state index in [1.165, 1.54) is 12.8 Å². The lowest BCUT2D eigenvalue weighted by molar-refractivity contribution is -0.118. The van der Waals surface area contributed by atoms with Gasteiger partial charge in [0.05, 0.1) is 28.1 Å². The third-order valence-electron chi connectivity index (χ3n) is 3.33. The fourth-order valence-electron chi connectivity index (χ4n) is 2.31. The fourth-order valence-corrected chi connectivity index (χ4v) is 3.77. The van der Waals surface area contributed by atoms with Gasteiger partial charge in [0.15, 0.2) is 5.78 Å². The predicted molar refractivity (Wildman–Crippen MR) is 76.5 cm³/mol. The van der Waals surface area contributed by atoms with Crippen LogP contribution < -0.4 is 0 Å². The highest BCUT2D eigenvalue weighted by Crippen LogP contribution is 2.28. The molecule has 2 rings (SSSR count). The Morgan fingerprint density at radius 1 is 1.56 bits per heavy atom. The van der Waals surface area contributed by atoms with Gasteiger partial charge in [-0.2, -0.15) is 16.9 Å². The minimum atomic E-state index is 0.162. The summed E-state index contributed by atoms with van der Waals surface area (Å²) in [5, 5.41) is 5.17. The van der Waals surface area contributed by atoms with Gasteiger partial charge in [-0.15, -0.1) is 0 Å². The average Bonchev–Trinajstić information content (AvgIpc) is 2.67. The molecule has 1 aromatic heterocycles. The summed E-state index contributed by atoms with van der Waals surface area (Å²) in [5.41, 5.74) is 1.70. The van der Waals surface area contributed by atoms with E-state index in [4.69, 9.17) is 11.6 Å². The van der Waals surface area contributed by atoms with Crippen molar-refractivity contribution in [1.82, 2.24) is 9.78 Å². The largest absolute Gasteiger partial charge is 0.298 e. The molecule has 0 saturated carbocycles. The monoisotopic (exact) mass is 286 g/mol. The number of rotatable bonds is 4. The topological polar surface area (TPSA) is 34.9 Å². The molecule has 0 bridgehead atoms. The van der Waals surface area contributed by atoms with Crippen molar-refractivity contribution in [3.63, 3.8) is 0 Å². The molecule has 0 aliphatic carbocycles. The Hall–Kier alpha value is -0.480. The van der Waals surface area contributed by atoms with Crippen LogP contribution in [0.3, 0.4) is 0 Å². The number of aromatic nitrogens is 2. The number of halogens is 1. The summed E-state index contributed by atoms with van der Waals surface area (Å²) in [5.74, 6) is 1.41. The van der Waals surface area contributed by atoms with Gasteiger partial charge in [-0.25, -0.2) is 0 Å². The van der Waals surface area contributed by atoms with Crippen molar-refractivity contribution in [3.8, 4) is 0 Å². The Bertz CT molecular complexity index is 438. The third-order valence-corrected chi connectivity index (χ3v) is 5.25. The van der Waals surface area contributed by atoms with Crippen molar-refractivity contribution >= 4 is 29.1 Å². The van der Waals surface area contributed by atoms with Gasteiger partial charge >= 0.3 is 0 Å². The molecule has 0 radical (unpaired) electrons. The number of ketones is 1. The van der Waals surface area contributed by atoms with Crippen LogP contribution >= 0.6 is 23.4 Å². The highest BCUT2D eigenvalue weighted by Gasteiger charge is 2.24. The van der Waals surface area contributed by atoms with Gasteiger partial charge in [-0.3, -0.25) is 9.48 Å². The molecule has 1 aliphatic heterocycles. The molecule has 18 heavy (non-hydrogen) atoms. The maximum absolute atomic E-state index is 12.3. The van der Waals surface area contributed by atoms with Crippen molar-refractivity contribution in [2.75, 3.05) is 5.75 Å². The third kappa shape index (κ3) is 2.91. The molecule has 0 N–H and O–H groups in total. The van der Waals surface area contributed by atoms with Gasteiger partial charge in [0.1, 0.15) is 0 Å². The molecular formula is C13H19ClN2OS. The predicted octanol–water partition coefficient (Wildman–Crippen LogP) is 3.26. The summed E-state index contributed by atoms with van der Waals surface area (Å²) in [6, 6.07) is 0. The van der Waals surface area contributed by atoms with E-state index in [1.54, 1.807) is 11.8 Å². The molecule has 2 heterocycles. The number of hydrogen-bond acceptors (Lipinski definition) is 3. The van der Waals surface area contributed by atoms with E-state index in [0.717, 1.165) is 30.1 Å². The zero-order chi connectivity index (χ0) is 13.1. The number of carbonyl (C=O) groups excluding carboxylic acids is 1. The summed E-state index contributed by atoms with van der Waals surface area (Å²) < 4.78 is 1.85. The van der Waals surface area contributed by atoms with Gasteiger partial charge in [0.25, 0.3) is 0 Å². The number of aryl methyl sites for hydroxylation is 2. The molecule has 0 amide bonds. The van der Waals surface area contributed by atoms with Crippen LogP contribution in [0, 0.1) is 6.92 Å². The number of carbonyl (C=O) groups is 1. The minimum absolute atomic E-state index is 0.162. The van der Waals surface area contributed by atoms with E-state index in [2.05, 4.69) is 5.10 Å². The van der Waals surface area contributed by atoms with E-state index in [-0.39, 0.29) is 5.25 Å². The van der Waals surface area contributed by atoms with Crippen LogP contribution in [0.1, 0.15) is 37.6 Å². The number of Topliss-reactive ketones (excluding diaryl/α,β-unsaturated/α-hetero) is 1. The van der Waals surface area contributed by atoms with Crippen molar-refractivity contribution in [2.24, 2.45) is 0 Å². The molecule has 1 saturated heterocycles. The molecule has 3 nitrogen and oxygen atoms in total. The first-order valence-electron chi connectivity index (χ1n) is 6.49. The van der Waals surface area contributed by atoms with Crippen LogP contribution in [0.5, 0.6) is 0 Å². The Morgan fingerprint density at radius 3 is 2.94 bits per heavy atom. The zero-order valence-electron chi connectivity index (χ0n) is 10.9. The Morgan fingerprint density at radius 2 is 2.33 bits per heavy atom. The minimum Gasteiger partial charge on any atom is -0.298 e. The standard InChI is InChI=1S/C13H19ClN2OS/c1-3-16-10(13(14)9(2)15-16)8-11(17)12-6-4-5-7-18-12/h12H,3-8H2,1-2H3. The quantitative estimate of drug-likeness (QED) is 0.852. The van der Waals surface area contributed by atoms with Crippen LogP contribution in [-0.4, -0.2) is 26.6 Å². The molecule has 1 aliphatic rings. The van der Waals surface area contributed by atoms with Crippen LogP contribution in [0.25, 0.3) is 0 Å². The van der Waals surface area contributed by atoms with E-state index in [0.29, 0.717) is 17.2 Å². The van der Waals surface area contributed by atoms with Crippen molar-refractivity contribution < 1.29 is 4.79 Å². The lowest BCUT2D eigenvalue weighted by atomic mass is 10.1. The van der Waals surface area contributed by atoms with Crippen LogP contribution in [0.2, 0.25) is 5.02 Å². The Labute approximate surface area is 117 Å².